The Morgan fingerprint density at radius 3 is 2.20 bits per heavy atom. The Bertz CT molecular complexity index is 747. The Morgan fingerprint density at radius 1 is 1.00 bits per heavy atom. The molecular weight excluding hydrogens is 378 g/mol. The number of aryl methyl sites for hydroxylation is 1. The third kappa shape index (κ3) is 4.43. The van der Waals surface area contributed by atoms with Crippen molar-refractivity contribution in [2.24, 2.45) is 5.92 Å². The SMILES string of the molecule is Cc1ccc([C@@H](C)CCN2CCC3(CC2)C(=O)N(C(C)C)C(=O)N3CCC(C)C)o1. The van der Waals surface area contributed by atoms with Crippen LogP contribution in [0.25, 0.3) is 0 Å². The minimum atomic E-state index is -0.642. The standard InChI is InChI=1S/C24H39N3O3/c1-17(2)9-14-26-23(29)27(18(3)4)22(28)24(26)11-15-25(16-12-24)13-10-19(5)21-8-7-20(6)30-21/h7-8,17-19H,9-16H2,1-6H3/t19-/m0/s1. The summed E-state index contributed by atoms with van der Waals surface area (Å²) in [5, 5.41) is 0. The average Bonchev–Trinajstić information content (AvgIpc) is 3.20. The van der Waals surface area contributed by atoms with E-state index in [2.05, 4.69) is 31.7 Å². The van der Waals surface area contributed by atoms with Gasteiger partial charge in [-0.1, -0.05) is 20.8 Å². The van der Waals surface area contributed by atoms with Crippen molar-refractivity contribution < 1.29 is 14.0 Å². The third-order valence-electron chi connectivity index (χ3n) is 6.83. The van der Waals surface area contributed by atoms with Gasteiger partial charge in [-0.05, 0) is 71.0 Å². The highest BCUT2D eigenvalue weighted by Crippen LogP contribution is 2.39. The Morgan fingerprint density at radius 2 is 1.67 bits per heavy atom. The van der Waals surface area contributed by atoms with Gasteiger partial charge in [0, 0.05) is 31.6 Å². The van der Waals surface area contributed by atoms with E-state index in [9.17, 15) is 9.59 Å². The molecule has 2 fully saturated rings. The fourth-order valence-electron chi connectivity index (χ4n) is 4.76. The Balaban J connectivity index is 1.64. The van der Waals surface area contributed by atoms with Crippen LogP contribution in [-0.2, 0) is 4.79 Å². The molecule has 3 heterocycles. The minimum Gasteiger partial charge on any atom is -0.466 e. The molecule has 0 bridgehead atoms. The molecule has 0 unspecified atom stereocenters. The number of hydrogen-bond acceptors (Lipinski definition) is 4. The maximum atomic E-state index is 13.4. The number of likely N-dealkylation sites (tertiary alicyclic amines) is 1. The first-order valence-corrected chi connectivity index (χ1v) is 11.6. The first-order chi connectivity index (χ1) is 14.2. The molecule has 1 atom stereocenters. The fraction of sp³-hybridized carbons (Fsp3) is 0.750. The van der Waals surface area contributed by atoms with Gasteiger partial charge in [-0.3, -0.25) is 9.69 Å². The van der Waals surface area contributed by atoms with Crippen molar-refractivity contribution in [3.8, 4) is 0 Å². The van der Waals surface area contributed by atoms with Gasteiger partial charge in [-0.15, -0.1) is 0 Å². The second kappa shape index (κ2) is 9.13. The highest BCUT2D eigenvalue weighted by Gasteiger charge is 2.58. The number of rotatable bonds is 8. The zero-order chi connectivity index (χ0) is 22.1. The number of furan rings is 1. The molecule has 6 nitrogen and oxygen atoms in total. The summed E-state index contributed by atoms with van der Waals surface area (Å²) in [6, 6.07) is 3.90. The summed E-state index contributed by atoms with van der Waals surface area (Å²) in [5.74, 6) is 2.90. The van der Waals surface area contributed by atoms with E-state index < -0.39 is 5.54 Å². The van der Waals surface area contributed by atoms with E-state index in [1.165, 1.54) is 4.90 Å². The summed E-state index contributed by atoms with van der Waals surface area (Å²) in [6.07, 6.45) is 3.42. The van der Waals surface area contributed by atoms with Crippen LogP contribution in [-0.4, -0.2) is 64.4 Å². The van der Waals surface area contributed by atoms with Gasteiger partial charge < -0.3 is 14.2 Å². The van der Waals surface area contributed by atoms with Crippen LogP contribution in [0.15, 0.2) is 16.5 Å². The molecule has 30 heavy (non-hydrogen) atoms. The highest BCUT2D eigenvalue weighted by atomic mass is 16.3. The molecule has 0 N–H and O–H groups in total. The third-order valence-corrected chi connectivity index (χ3v) is 6.83. The number of nitrogens with zero attached hydrogens (tertiary/aromatic N) is 3. The summed E-state index contributed by atoms with van der Waals surface area (Å²) < 4.78 is 5.77. The molecular formula is C24H39N3O3. The normalized spacial score (nSPS) is 20.9. The molecule has 2 aliphatic heterocycles. The van der Waals surface area contributed by atoms with Gasteiger partial charge in [0.05, 0.1) is 0 Å². The molecule has 2 aliphatic rings. The molecule has 2 saturated heterocycles. The number of urea groups is 1. The van der Waals surface area contributed by atoms with E-state index in [-0.39, 0.29) is 18.0 Å². The van der Waals surface area contributed by atoms with Crippen LogP contribution in [0.5, 0.6) is 0 Å². The summed E-state index contributed by atoms with van der Waals surface area (Å²) in [4.78, 5) is 32.3. The minimum absolute atomic E-state index is 0.0188. The lowest BCUT2D eigenvalue weighted by Gasteiger charge is -2.42. The van der Waals surface area contributed by atoms with Gasteiger partial charge in [0.25, 0.3) is 5.91 Å². The van der Waals surface area contributed by atoms with Crippen LogP contribution in [0.4, 0.5) is 4.79 Å². The summed E-state index contributed by atoms with van der Waals surface area (Å²) >= 11 is 0. The number of carbonyl (C=O) groups excluding carboxylic acids is 2. The second-order valence-electron chi connectivity index (χ2n) is 9.90. The zero-order valence-corrected chi connectivity index (χ0v) is 19.6. The molecule has 168 valence electrons. The van der Waals surface area contributed by atoms with Gasteiger partial charge in [-0.2, -0.15) is 0 Å². The number of imide groups is 1. The van der Waals surface area contributed by atoms with Crippen molar-refractivity contribution in [3.63, 3.8) is 0 Å². The summed E-state index contributed by atoms with van der Waals surface area (Å²) in [6.45, 7) is 15.7. The quantitative estimate of drug-likeness (QED) is 0.579. The smallest absolute Gasteiger partial charge is 0.327 e. The summed E-state index contributed by atoms with van der Waals surface area (Å²) in [7, 11) is 0. The van der Waals surface area contributed by atoms with Crippen LogP contribution < -0.4 is 0 Å². The summed E-state index contributed by atoms with van der Waals surface area (Å²) in [5.41, 5.74) is -0.642. The molecule has 1 aromatic heterocycles. The molecule has 6 heteroatoms. The van der Waals surface area contributed by atoms with Crippen molar-refractivity contribution >= 4 is 11.9 Å². The molecule has 0 radical (unpaired) electrons. The molecule has 3 amide bonds. The van der Waals surface area contributed by atoms with Crippen LogP contribution >= 0.6 is 0 Å². The van der Waals surface area contributed by atoms with Crippen molar-refractivity contribution in [2.75, 3.05) is 26.2 Å². The van der Waals surface area contributed by atoms with E-state index in [1.54, 1.807) is 0 Å². The van der Waals surface area contributed by atoms with Gasteiger partial charge in [0.15, 0.2) is 0 Å². The largest absolute Gasteiger partial charge is 0.466 e. The van der Waals surface area contributed by atoms with Gasteiger partial charge in [-0.25, -0.2) is 4.79 Å². The maximum Gasteiger partial charge on any atom is 0.327 e. The molecule has 0 saturated carbocycles. The molecule has 3 rings (SSSR count). The van der Waals surface area contributed by atoms with E-state index >= 15 is 0 Å². The highest BCUT2D eigenvalue weighted by molar-refractivity contribution is 6.07. The lowest BCUT2D eigenvalue weighted by atomic mass is 9.85. The van der Waals surface area contributed by atoms with Crippen molar-refractivity contribution in [1.82, 2.24) is 14.7 Å². The Hall–Kier alpha value is -1.82. The van der Waals surface area contributed by atoms with Gasteiger partial charge in [0.2, 0.25) is 0 Å². The van der Waals surface area contributed by atoms with Crippen LogP contribution in [0, 0.1) is 12.8 Å². The lowest BCUT2D eigenvalue weighted by molar-refractivity contribution is -0.136. The number of hydrogen-bond donors (Lipinski definition) is 0. The number of carbonyl (C=O) groups is 2. The van der Waals surface area contributed by atoms with Crippen LogP contribution in [0.3, 0.4) is 0 Å². The van der Waals surface area contributed by atoms with E-state index in [1.807, 2.05) is 31.7 Å². The van der Waals surface area contributed by atoms with Crippen molar-refractivity contribution in [1.29, 1.82) is 0 Å². The maximum absolute atomic E-state index is 13.4. The van der Waals surface area contributed by atoms with Gasteiger partial charge in [0.1, 0.15) is 17.1 Å². The zero-order valence-electron chi connectivity index (χ0n) is 19.6. The predicted molar refractivity (Wildman–Crippen MR) is 118 cm³/mol. The first kappa shape index (κ1) is 22.9. The number of piperidine rings is 1. The fourth-order valence-corrected chi connectivity index (χ4v) is 4.76. The molecule has 0 aromatic carbocycles. The molecule has 1 spiro atoms. The molecule has 0 aliphatic carbocycles. The Kier molecular flexibility index (Phi) is 6.95. The van der Waals surface area contributed by atoms with Crippen LogP contribution in [0.1, 0.15) is 77.7 Å². The van der Waals surface area contributed by atoms with E-state index in [0.717, 1.165) is 56.8 Å². The van der Waals surface area contributed by atoms with Crippen molar-refractivity contribution in [2.45, 2.75) is 84.7 Å². The predicted octanol–water partition coefficient (Wildman–Crippen LogP) is 4.63. The second-order valence-corrected chi connectivity index (χ2v) is 9.90. The monoisotopic (exact) mass is 417 g/mol. The lowest BCUT2D eigenvalue weighted by Crippen LogP contribution is -2.57. The van der Waals surface area contributed by atoms with Gasteiger partial charge >= 0.3 is 6.03 Å². The first-order valence-electron chi connectivity index (χ1n) is 11.6. The topological polar surface area (TPSA) is 57.0 Å². The molecule has 1 aromatic rings. The van der Waals surface area contributed by atoms with E-state index in [4.69, 9.17) is 4.42 Å². The van der Waals surface area contributed by atoms with E-state index in [0.29, 0.717) is 18.4 Å². The Labute approximate surface area is 181 Å². The number of amides is 3. The average molecular weight is 418 g/mol. The van der Waals surface area contributed by atoms with Crippen LogP contribution in [0.2, 0.25) is 0 Å². The van der Waals surface area contributed by atoms with Crippen molar-refractivity contribution in [3.05, 3.63) is 23.7 Å².